The van der Waals surface area contributed by atoms with Crippen LogP contribution in [0.1, 0.15) is 15.4 Å². The van der Waals surface area contributed by atoms with Crippen molar-refractivity contribution >= 4 is 28.8 Å². The minimum absolute atomic E-state index is 0.0548. The summed E-state index contributed by atoms with van der Waals surface area (Å²) in [5.41, 5.74) is 1.56. The van der Waals surface area contributed by atoms with Crippen LogP contribution < -0.4 is 4.74 Å². The molecule has 8 heteroatoms. The monoisotopic (exact) mass is 442 g/mol. The molecule has 1 fully saturated rings. The number of amides is 1. The van der Waals surface area contributed by atoms with Crippen molar-refractivity contribution in [3.05, 3.63) is 64.3 Å². The number of ether oxygens (including phenoxy) is 1. The second kappa shape index (κ2) is 9.55. The first kappa shape index (κ1) is 20.8. The summed E-state index contributed by atoms with van der Waals surface area (Å²) in [4.78, 5) is 26.8. The molecule has 1 saturated heterocycles. The first-order valence-corrected chi connectivity index (χ1v) is 11.1. The van der Waals surface area contributed by atoms with Crippen molar-refractivity contribution in [1.82, 2.24) is 19.8 Å². The zero-order valence-electron chi connectivity index (χ0n) is 16.8. The molecule has 156 valence electrons. The van der Waals surface area contributed by atoms with E-state index in [4.69, 9.17) is 16.3 Å². The van der Waals surface area contributed by atoms with E-state index in [-0.39, 0.29) is 5.91 Å². The number of piperazine rings is 1. The highest BCUT2D eigenvalue weighted by molar-refractivity contribution is 7.17. The van der Waals surface area contributed by atoms with Crippen LogP contribution in [0.15, 0.2) is 48.7 Å². The third-order valence-corrected chi connectivity index (χ3v) is 6.52. The van der Waals surface area contributed by atoms with Gasteiger partial charge in [0.2, 0.25) is 0 Å². The lowest BCUT2D eigenvalue weighted by molar-refractivity contribution is 0.0624. The average Bonchev–Trinajstić information content (AvgIpc) is 3.17. The summed E-state index contributed by atoms with van der Waals surface area (Å²) in [7, 11) is 0. The molecule has 0 N–H and O–H groups in total. The molecule has 3 heterocycles. The minimum atomic E-state index is 0.0548. The van der Waals surface area contributed by atoms with E-state index in [9.17, 15) is 4.79 Å². The number of carbonyl (C=O) groups excluding carboxylic acids is 1. The van der Waals surface area contributed by atoms with Gasteiger partial charge < -0.3 is 9.64 Å². The highest BCUT2D eigenvalue weighted by Crippen LogP contribution is 2.28. The first-order valence-electron chi connectivity index (χ1n) is 9.89. The van der Waals surface area contributed by atoms with Crippen LogP contribution in [0.3, 0.4) is 0 Å². The normalized spacial score (nSPS) is 14.7. The Kier molecular flexibility index (Phi) is 6.62. The molecule has 6 nitrogen and oxygen atoms in total. The largest absolute Gasteiger partial charge is 0.491 e. The number of pyridine rings is 1. The quantitative estimate of drug-likeness (QED) is 0.577. The van der Waals surface area contributed by atoms with E-state index in [1.165, 1.54) is 11.3 Å². The lowest BCUT2D eigenvalue weighted by atomic mass is 10.2. The Bertz CT molecular complexity index is 1000. The molecule has 0 bridgehead atoms. The molecular weight excluding hydrogens is 420 g/mol. The second-order valence-electron chi connectivity index (χ2n) is 7.06. The van der Waals surface area contributed by atoms with Crippen LogP contribution in [0.4, 0.5) is 0 Å². The smallest absolute Gasteiger partial charge is 0.265 e. The van der Waals surface area contributed by atoms with Crippen molar-refractivity contribution in [3.8, 4) is 16.5 Å². The fourth-order valence-electron chi connectivity index (χ4n) is 3.36. The molecule has 0 radical (unpaired) electrons. The number of halogens is 1. The summed E-state index contributed by atoms with van der Waals surface area (Å²) in [5.74, 6) is 0.761. The summed E-state index contributed by atoms with van der Waals surface area (Å²) < 4.78 is 5.78. The van der Waals surface area contributed by atoms with Gasteiger partial charge in [-0.1, -0.05) is 29.8 Å². The van der Waals surface area contributed by atoms with Crippen molar-refractivity contribution in [2.24, 2.45) is 0 Å². The van der Waals surface area contributed by atoms with Crippen LogP contribution in [0.5, 0.6) is 5.75 Å². The van der Waals surface area contributed by atoms with E-state index in [1.807, 2.05) is 54.3 Å². The maximum atomic E-state index is 13.0. The van der Waals surface area contributed by atoms with Crippen LogP contribution in [0.25, 0.3) is 10.7 Å². The Morgan fingerprint density at radius 2 is 1.90 bits per heavy atom. The summed E-state index contributed by atoms with van der Waals surface area (Å²) in [6, 6.07) is 13.2. The summed E-state index contributed by atoms with van der Waals surface area (Å²) in [5, 5.41) is 1.41. The molecule has 30 heavy (non-hydrogen) atoms. The van der Waals surface area contributed by atoms with Crippen molar-refractivity contribution in [1.29, 1.82) is 0 Å². The number of para-hydroxylation sites is 1. The number of nitrogens with zero attached hydrogens (tertiary/aromatic N) is 4. The first-order chi connectivity index (χ1) is 14.6. The predicted octanol–water partition coefficient (Wildman–Crippen LogP) is 4.00. The SMILES string of the molecule is Cc1nc(-c2ccccn2)sc1C(=O)N1CCN(CCOc2ccccc2Cl)CC1. The predicted molar refractivity (Wildman–Crippen MR) is 119 cm³/mol. The van der Waals surface area contributed by atoms with Crippen molar-refractivity contribution in [2.75, 3.05) is 39.3 Å². The van der Waals surface area contributed by atoms with Gasteiger partial charge in [-0.05, 0) is 31.2 Å². The van der Waals surface area contributed by atoms with Gasteiger partial charge in [-0.25, -0.2) is 4.98 Å². The van der Waals surface area contributed by atoms with Gasteiger partial charge in [0.1, 0.15) is 22.2 Å². The Morgan fingerprint density at radius 1 is 1.13 bits per heavy atom. The van der Waals surface area contributed by atoms with E-state index in [1.54, 1.807) is 6.20 Å². The van der Waals surface area contributed by atoms with E-state index >= 15 is 0 Å². The van der Waals surface area contributed by atoms with Crippen molar-refractivity contribution in [3.63, 3.8) is 0 Å². The third-order valence-electron chi connectivity index (χ3n) is 5.04. The number of aromatic nitrogens is 2. The van der Waals surface area contributed by atoms with Gasteiger partial charge in [0.25, 0.3) is 5.91 Å². The average molecular weight is 443 g/mol. The summed E-state index contributed by atoms with van der Waals surface area (Å²) in [6.07, 6.45) is 1.74. The van der Waals surface area contributed by atoms with E-state index in [0.29, 0.717) is 35.3 Å². The fourth-order valence-corrected chi connectivity index (χ4v) is 4.56. The third kappa shape index (κ3) is 4.80. The molecule has 1 aromatic carbocycles. The Morgan fingerprint density at radius 3 is 2.63 bits per heavy atom. The minimum Gasteiger partial charge on any atom is -0.491 e. The van der Waals surface area contributed by atoms with Crippen LogP contribution in [-0.2, 0) is 0 Å². The molecule has 0 spiro atoms. The number of carbonyl (C=O) groups is 1. The number of hydrogen-bond donors (Lipinski definition) is 0. The summed E-state index contributed by atoms with van der Waals surface area (Å²) >= 11 is 7.54. The van der Waals surface area contributed by atoms with Gasteiger partial charge in [0, 0.05) is 38.9 Å². The number of benzene rings is 1. The number of rotatable bonds is 6. The zero-order valence-corrected chi connectivity index (χ0v) is 18.3. The lowest BCUT2D eigenvalue weighted by Crippen LogP contribution is -2.49. The van der Waals surface area contributed by atoms with Crippen LogP contribution in [0, 0.1) is 6.92 Å². The van der Waals surface area contributed by atoms with Gasteiger partial charge >= 0.3 is 0 Å². The standard InChI is InChI=1S/C22H23ClN4O2S/c1-16-20(30-21(25-16)18-7-4-5-9-24-18)22(28)27-12-10-26(11-13-27)14-15-29-19-8-3-2-6-17(19)23/h2-9H,10-15H2,1H3. The van der Waals surface area contributed by atoms with Gasteiger partial charge in [-0.15, -0.1) is 11.3 Å². The molecule has 4 rings (SSSR count). The molecule has 0 atom stereocenters. The van der Waals surface area contributed by atoms with E-state index in [0.717, 1.165) is 36.0 Å². The Balaban J connectivity index is 1.29. The molecule has 2 aromatic heterocycles. The van der Waals surface area contributed by atoms with Gasteiger partial charge in [-0.2, -0.15) is 0 Å². The highest BCUT2D eigenvalue weighted by Gasteiger charge is 2.25. The van der Waals surface area contributed by atoms with Gasteiger partial charge in [0.05, 0.1) is 16.4 Å². The Hall–Kier alpha value is -2.48. The van der Waals surface area contributed by atoms with Gasteiger partial charge in [-0.3, -0.25) is 14.7 Å². The van der Waals surface area contributed by atoms with E-state index < -0.39 is 0 Å². The highest BCUT2D eigenvalue weighted by atomic mass is 35.5. The molecule has 0 unspecified atom stereocenters. The van der Waals surface area contributed by atoms with E-state index in [2.05, 4.69) is 14.9 Å². The maximum Gasteiger partial charge on any atom is 0.265 e. The van der Waals surface area contributed by atoms with Crippen LogP contribution in [0.2, 0.25) is 5.02 Å². The lowest BCUT2D eigenvalue weighted by Gasteiger charge is -2.34. The number of aryl methyl sites for hydroxylation is 1. The topological polar surface area (TPSA) is 58.6 Å². The van der Waals surface area contributed by atoms with Crippen molar-refractivity contribution < 1.29 is 9.53 Å². The molecule has 1 aliphatic heterocycles. The maximum absolute atomic E-state index is 13.0. The fraction of sp³-hybridized carbons (Fsp3) is 0.318. The zero-order chi connectivity index (χ0) is 20.9. The second-order valence-corrected chi connectivity index (χ2v) is 8.47. The van der Waals surface area contributed by atoms with Gasteiger partial charge in [0.15, 0.2) is 0 Å². The molecule has 0 aliphatic carbocycles. The Labute approximate surface area is 185 Å². The summed E-state index contributed by atoms with van der Waals surface area (Å²) in [6.45, 7) is 6.29. The van der Waals surface area contributed by atoms with Crippen LogP contribution >= 0.6 is 22.9 Å². The number of thiazole rings is 1. The molecular formula is C22H23ClN4O2S. The number of hydrogen-bond acceptors (Lipinski definition) is 6. The molecule has 1 aliphatic rings. The van der Waals surface area contributed by atoms with Crippen molar-refractivity contribution in [2.45, 2.75) is 6.92 Å². The molecule has 3 aromatic rings. The molecule has 1 amide bonds. The molecule has 0 saturated carbocycles. The van der Waals surface area contributed by atoms with Crippen LogP contribution in [-0.4, -0.2) is 65.0 Å².